The van der Waals surface area contributed by atoms with Crippen molar-refractivity contribution >= 4 is 16.6 Å². The number of rotatable bonds is 1. The highest BCUT2D eigenvalue weighted by Gasteiger charge is 2.05. The number of methoxy groups -OCH3 is 1. The zero-order valence-electron chi connectivity index (χ0n) is 8.24. The molecule has 0 amide bonds. The van der Waals surface area contributed by atoms with Crippen molar-refractivity contribution in [2.45, 2.75) is 6.92 Å². The van der Waals surface area contributed by atoms with Crippen molar-refractivity contribution in [2.75, 3.05) is 12.8 Å². The number of hydrogen-bond donors (Lipinski definition) is 1. The molecule has 1 heterocycles. The molecule has 0 aliphatic heterocycles. The molecule has 0 atom stereocenters. The second-order valence-corrected chi connectivity index (χ2v) is 3.26. The number of ether oxygens (including phenoxy) is 1. The Balaban J connectivity index is 2.87. The highest BCUT2D eigenvalue weighted by atomic mass is 16.5. The summed E-state index contributed by atoms with van der Waals surface area (Å²) in [5.74, 6) is 0.771. The van der Waals surface area contributed by atoms with Gasteiger partial charge in [-0.25, -0.2) is 0 Å². The number of aryl methyl sites for hydroxylation is 1. The summed E-state index contributed by atoms with van der Waals surface area (Å²) >= 11 is 0. The molecule has 0 saturated carbocycles. The number of nitrogen functional groups attached to an aromatic ring is 1. The number of pyridine rings is 1. The van der Waals surface area contributed by atoms with Crippen LogP contribution in [-0.2, 0) is 0 Å². The van der Waals surface area contributed by atoms with Crippen LogP contribution in [0.15, 0.2) is 24.4 Å². The van der Waals surface area contributed by atoms with Crippen molar-refractivity contribution < 1.29 is 4.74 Å². The second kappa shape index (κ2) is 3.18. The van der Waals surface area contributed by atoms with Crippen LogP contribution in [0.4, 0.5) is 5.69 Å². The third-order valence-electron chi connectivity index (χ3n) is 2.21. The molecule has 1 aromatic heterocycles. The van der Waals surface area contributed by atoms with Gasteiger partial charge in [-0.15, -0.1) is 0 Å². The summed E-state index contributed by atoms with van der Waals surface area (Å²) < 4.78 is 5.25. The van der Waals surface area contributed by atoms with E-state index in [2.05, 4.69) is 4.98 Å². The first-order chi connectivity index (χ1) is 6.72. The van der Waals surface area contributed by atoms with Gasteiger partial charge in [0, 0.05) is 17.3 Å². The van der Waals surface area contributed by atoms with E-state index in [4.69, 9.17) is 10.5 Å². The van der Waals surface area contributed by atoms with Gasteiger partial charge in [-0.1, -0.05) is 0 Å². The van der Waals surface area contributed by atoms with Crippen LogP contribution in [-0.4, -0.2) is 12.1 Å². The molecule has 0 saturated heterocycles. The fourth-order valence-corrected chi connectivity index (χ4v) is 1.54. The van der Waals surface area contributed by atoms with Crippen LogP contribution < -0.4 is 10.5 Å². The number of hydrogen-bond acceptors (Lipinski definition) is 3. The highest BCUT2D eigenvalue weighted by molar-refractivity contribution is 5.94. The largest absolute Gasteiger partial charge is 0.494 e. The number of nitrogens with zero attached hydrogens (tertiary/aromatic N) is 1. The van der Waals surface area contributed by atoms with Gasteiger partial charge < -0.3 is 10.5 Å². The predicted octanol–water partition coefficient (Wildman–Crippen LogP) is 2.13. The maximum absolute atomic E-state index is 5.85. The maximum Gasteiger partial charge on any atom is 0.145 e. The van der Waals surface area contributed by atoms with E-state index in [1.54, 1.807) is 19.4 Å². The minimum absolute atomic E-state index is 0.733. The molecule has 14 heavy (non-hydrogen) atoms. The molecule has 2 N–H and O–H groups in total. The van der Waals surface area contributed by atoms with Crippen molar-refractivity contribution in [3.05, 3.63) is 30.0 Å². The van der Waals surface area contributed by atoms with Crippen LogP contribution in [0.1, 0.15) is 5.56 Å². The average Bonchev–Trinajstić information content (AvgIpc) is 2.18. The summed E-state index contributed by atoms with van der Waals surface area (Å²) in [6, 6.07) is 5.76. The monoisotopic (exact) mass is 188 g/mol. The fourth-order valence-electron chi connectivity index (χ4n) is 1.54. The lowest BCUT2D eigenvalue weighted by Gasteiger charge is -2.07. The number of fused-ring (bicyclic) bond motifs is 1. The van der Waals surface area contributed by atoms with Gasteiger partial charge in [-0.2, -0.15) is 0 Å². The molecule has 0 aliphatic rings. The minimum Gasteiger partial charge on any atom is -0.494 e. The third-order valence-corrected chi connectivity index (χ3v) is 2.21. The van der Waals surface area contributed by atoms with E-state index in [0.29, 0.717) is 0 Å². The van der Waals surface area contributed by atoms with E-state index in [1.807, 2.05) is 19.1 Å². The molecule has 1 aromatic carbocycles. The lowest BCUT2D eigenvalue weighted by molar-refractivity contribution is 0.418. The SMILES string of the molecule is COc1cc(C)cc2c(N)ccnc12. The summed E-state index contributed by atoms with van der Waals surface area (Å²) in [6.07, 6.45) is 1.69. The average molecular weight is 188 g/mol. The van der Waals surface area contributed by atoms with Crippen molar-refractivity contribution in [1.82, 2.24) is 4.98 Å². The summed E-state index contributed by atoms with van der Waals surface area (Å²) in [5, 5.41) is 0.948. The molecule has 2 rings (SSSR count). The molecule has 0 spiro atoms. The van der Waals surface area contributed by atoms with Crippen molar-refractivity contribution in [3.8, 4) is 5.75 Å². The molecule has 0 unspecified atom stereocenters. The lowest BCUT2D eigenvalue weighted by atomic mass is 10.1. The second-order valence-electron chi connectivity index (χ2n) is 3.26. The van der Waals surface area contributed by atoms with Gasteiger partial charge in [-0.3, -0.25) is 4.98 Å². The molecule has 3 heteroatoms. The van der Waals surface area contributed by atoms with Gasteiger partial charge >= 0.3 is 0 Å². The van der Waals surface area contributed by atoms with Gasteiger partial charge in [0.1, 0.15) is 11.3 Å². The third kappa shape index (κ3) is 1.27. The van der Waals surface area contributed by atoms with E-state index in [9.17, 15) is 0 Å². The number of anilines is 1. The van der Waals surface area contributed by atoms with Crippen LogP contribution >= 0.6 is 0 Å². The summed E-state index contributed by atoms with van der Waals surface area (Å²) in [6.45, 7) is 2.01. The predicted molar refractivity (Wildman–Crippen MR) is 57.4 cm³/mol. The Morgan fingerprint density at radius 1 is 1.36 bits per heavy atom. The summed E-state index contributed by atoms with van der Waals surface area (Å²) in [5.41, 5.74) is 8.52. The van der Waals surface area contributed by atoms with Crippen LogP contribution in [0.2, 0.25) is 0 Å². The van der Waals surface area contributed by atoms with Crippen molar-refractivity contribution in [3.63, 3.8) is 0 Å². The molecule has 3 nitrogen and oxygen atoms in total. The zero-order valence-corrected chi connectivity index (χ0v) is 8.24. The Hall–Kier alpha value is -1.77. The quantitative estimate of drug-likeness (QED) is 0.745. The molecule has 72 valence electrons. The number of aromatic nitrogens is 1. The van der Waals surface area contributed by atoms with E-state index in [1.165, 1.54) is 0 Å². The summed E-state index contributed by atoms with van der Waals surface area (Å²) in [7, 11) is 1.64. The standard InChI is InChI=1S/C11H12N2O/c1-7-5-8-9(12)3-4-13-11(8)10(6-7)14-2/h3-6H,1-2H3,(H2,12,13). The molecule has 2 aromatic rings. The molecule has 0 fully saturated rings. The Kier molecular flexibility index (Phi) is 2.00. The first kappa shape index (κ1) is 8.81. The van der Waals surface area contributed by atoms with Crippen LogP contribution in [0.3, 0.4) is 0 Å². The van der Waals surface area contributed by atoms with E-state index in [-0.39, 0.29) is 0 Å². The van der Waals surface area contributed by atoms with Gasteiger partial charge in [-0.05, 0) is 30.7 Å². The molecular weight excluding hydrogens is 176 g/mol. The zero-order chi connectivity index (χ0) is 10.1. The van der Waals surface area contributed by atoms with Gasteiger partial charge in [0.05, 0.1) is 7.11 Å². The van der Waals surface area contributed by atoms with E-state index >= 15 is 0 Å². The topological polar surface area (TPSA) is 48.1 Å². The fraction of sp³-hybridized carbons (Fsp3) is 0.182. The van der Waals surface area contributed by atoms with Crippen LogP contribution in [0.25, 0.3) is 10.9 Å². The number of benzene rings is 1. The molecular formula is C11H12N2O. The maximum atomic E-state index is 5.85. The van der Waals surface area contributed by atoms with Gasteiger partial charge in [0.2, 0.25) is 0 Å². The lowest BCUT2D eigenvalue weighted by Crippen LogP contribution is -1.93. The molecule has 0 radical (unpaired) electrons. The van der Waals surface area contributed by atoms with Crippen molar-refractivity contribution in [1.29, 1.82) is 0 Å². The van der Waals surface area contributed by atoms with Gasteiger partial charge in [0.15, 0.2) is 0 Å². The Labute approximate surface area is 82.5 Å². The molecule has 0 bridgehead atoms. The normalized spacial score (nSPS) is 10.4. The van der Waals surface area contributed by atoms with Crippen LogP contribution in [0, 0.1) is 6.92 Å². The first-order valence-corrected chi connectivity index (χ1v) is 4.41. The number of nitrogens with two attached hydrogens (primary N) is 1. The Bertz CT molecular complexity index is 480. The first-order valence-electron chi connectivity index (χ1n) is 4.41. The highest BCUT2D eigenvalue weighted by Crippen LogP contribution is 2.28. The van der Waals surface area contributed by atoms with E-state index < -0.39 is 0 Å². The van der Waals surface area contributed by atoms with Crippen LogP contribution in [0.5, 0.6) is 5.75 Å². The van der Waals surface area contributed by atoms with Crippen molar-refractivity contribution in [2.24, 2.45) is 0 Å². The van der Waals surface area contributed by atoms with Gasteiger partial charge in [0.25, 0.3) is 0 Å². The minimum atomic E-state index is 0.733. The Morgan fingerprint density at radius 3 is 2.86 bits per heavy atom. The molecule has 0 aliphatic carbocycles. The Morgan fingerprint density at radius 2 is 2.14 bits per heavy atom. The summed E-state index contributed by atoms with van der Waals surface area (Å²) in [4.78, 5) is 4.25. The smallest absolute Gasteiger partial charge is 0.145 e. The van der Waals surface area contributed by atoms with E-state index in [0.717, 1.165) is 27.9 Å².